The van der Waals surface area contributed by atoms with Gasteiger partial charge in [0.25, 0.3) is 0 Å². The van der Waals surface area contributed by atoms with Crippen molar-refractivity contribution in [2.75, 3.05) is 29.9 Å². The number of benzene rings is 1. The van der Waals surface area contributed by atoms with Crippen LogP contribution in [0.15, 0.2) is 30.3 Å². The Balaban J connectivity index is 0.000000448. The number of carbonyl (C=O) groups excluding carboxylic acids is 1. The van der Waals surface area contributed by atoms with Crippen LogP contribution in [0.5, 0.6) is 0 Å². The van der Waals surface area contributed by atoms with E-state index in [9.17, 15) is 18.0 Å². The fraction of sp³-hybridized carbons (Fsp3) is 0.400. The summed E-state index contributed by atoms with van der Waals surface area (Å²) in [6.45, 7) is 5.45. The molecular weight excluding hydrogens is 539 g/mol. The number of halogens is 4. The van der Waals surface area contributed by atoms with Crippen LogP contribution in [0.3, 0.4) is 0 Å². The summed E-state index contributed by atoms with van der Waals surface area (Å²) < 4.78 is 31.7. The molecular formula is C25H27ClF3N7O3. The van der Waals surface area contributed by atoms with E-state index >= 15 is 0 Å². The first-order chi connectivity index (χ1) is 18.4. The van der Waals surface area contributed by atoms with Crippen LogP contribution in [-0.4, -0.2) is 68.7 Å². The van der Waals surface area contributed by atoms with Gasteiger partial charge in [0, 0.05) is 31.1 Å². The highest BCUT2D eigenvalue weighted by atomic mass is 35.5. The Morgan fingerprint density at radius 3 is 2.46 bits per heavy atom. The lowest BCUT2D eigenvalue weighted by Gasteiger charge is -2.31. The quantitative estimate of drug-likeness (QED) is 0.397. The van der Waals surface area contributed by atoms with Crippen molar-refractivity contribution in [1.29, 1.82) is 0 Å². The molecule has 0 radical (unpaired) electrons. The van der Waals surface area contributed by atoms with E-state index in [1.54, 1.807) is 0 Å². The number of likely N-dealkylation sites (tertiary alicyclic amines) is 1. The van der Waals surface area contributed by atoms with Gasteiger partial charge in [0.1, 0.15) is 11.0 Å². The number of nitrogens with zero attached hydrogens (tertiary/aromatic N) is 5. The van der Waals surface area contributed by atoms with Crippen LogP contribution < -0.4 is 16.0 Å². The smallest absolute Gasteiger partial charge is 0.475 e. The Labute approximate surface area is 227 Å². The van der Waals surface area contributed by atoms with Gasteiger partial charge in [0.2, 0.25) is 11.9 Å². The second-order valence-electron chi connectivity index (χ2n) is 9.40. The zero-order valence-electron chi connectivity index (χ0n) is 21.0. The molecule has 1 fully saturated rings. The second kappa shape index (κ2) is 11.6. The minimum atomic E-state index is -5.08. The zero-order chi connectivity index (χ0) is 28.3. The average Bonchev–Trinajstić information content (AvgIpc) is 3.28. The number of carbonyl (C=O) groups is 2. The van der Waals surface area contributed by atoms with Gasteiger partial charge < -0.3 is 21.1 Å². The summed E-state index contributed by atoms with van der Waals surface area (Å²) in [6, 6.07) is 10.3. The van der Waals surface area contributed by atoms with E-state index < -0.39 is 12.1 Å². The van der Waals surface area contributed by atoms with Crippen molar-refractivity contribution in [2.45, 2.75) is 45.1 Å². The molecule has 1 aromatic carbocycles. The first-order valence-corrected chi connectivity index (χ1v) is 12.5. The molecule has 2 aliphatic heterocycles. The van der Waals surface area contributed by atoms with Gasteiger partial charge in [-0.1, -0.05) is 29.8 Å². The Bertz CT molecular complexity index is 1380. The number of alkyl halides is 3. The van der Waals surface area contributed by atoms with Gasteiger partial charge in [-0.05, 0) is 43.0 Å². The van der Waals surface area contributed by atoms with E-state index in [2.05, 4.69) is 39.2 Å². The SMILES string of the molecule is Cc1cccc2c(N3Cc4ccc(Cl)nc4C3)nc(NC3CCN(CC(N)=O)CC3)nc12.O=C(O)C(F)(F)F. The Morgan fingerprint density at radius 2 is 1.82 bits per heavy atom. The number of amides is 1. The largest absolute Gasteiger partial charge is 0.490 e. The maximum atomic E-state index is 11.2. The number of piperidine rings is 1. The molecule has 0 atom stereocenters. The molecule has 14 heteroatoms. The van der Waals surface area contributed by atoms with Gasteiger partial charge in [0.15, 0.2) is 0 Å². The number of rotatable bonds is 5. The number of hydrogen-bond acceptors (Lipinski definition) is 8. The third-order valence-corrected chi connectivity index (χ3v) is 6.70. The molecule has 208 valence electrons. The highest BCUT2D eigenvalue weighted by Gasteiger charge is 2.38. The van der Waals surface area contributed by atoms with Crippen LogP contribution in [0.1, 0.15) is 29.7 Å². The third-order valence-electron chi connectivity index (χ3n) is 6.49. The van der Waals surface area contributed by atoms with Crippen molar-refractivity contribution in [3.8, 4) is 0 Å². The number of anilines is 2. The fourth-order valence-electron chi connectivity index (χ4n) is 4.60. The molecule has 0 saturated carbocycles. The van der Waals surface area contributed by atoms with Gasteiger partial charge in [0.05, 0.1) is 24.3 Å². The molecule has 0 spiro atoms. The Hall–Kier alpha value is -3.71. The summed E-state index contributed by atoms with van der Waals surface area (Å²) in [7, 11) is 0. The summed E-state index contributed by atoms with van der Waals surface area (Å²) in [5.74, 6) is -1.50. The molecule has 10 nitrogen and oxygen atoms in total. The predicted molar refractivity (Wildman–Crippen MR) is 139 cm³/mol. The molecule has 0 unspecified atom stereocenters. The molecule has 3 aromatic rings. The zero-order valence-corrected chi connectivity index (χ0v) is 21.8. The normalized spacial score (nSPS) is 16.0. The lowest BCUT2D eigenvalue weighted by Crippen LogP contribution is -2.43. The van der Waals surface area contributed by atoms with Crippen molar-refractivity contribution < 1.29 is 27.9 Å². The van der Waals surface area contributed by atoms with E-state index in [0.29, 0.717) is 24.2 Å². The molecule has 2 aliphatic rings. The minimum Gasteiger partial charge on any atom is -0.475 e. The number of aromatic nitrogens is 3. The van der Waals surface area contributed by atoms with Gasteiger partial charge in [-0.25, -0.2) is 14.8 Å². The molecule has 5 rings (SSSR count). The molecule has 0 aliphatic carbocycles. The van der Waals surface area contributed by atoms with Crippen molar-refractivity contribution in [3.63, 3.8) is 0 Å². The number of aryl methyl sites for hydroxylation is 1. The molecule has 4 N–H and O–H groups in total. The molecule has 1 amide bonds. The van der Waals surface area contributed by atoms with Crippen LogP contribution in [0.2, 0.25) is 5.15 Å². The number of aliphatic carboxylic acids is 1. The lowest BCUT2D eigenvalue weighted by molar-refractivity contribution is -0.192. The molecule has 0 bridgehead atoms. The van der Waals surface area contributed by atoms with Crippen molar-refractivity contribution in [3.05, 3.63) is 52.3 Å². The number of carboxylic acids is 1. The summed E-state index contributed by atoms with van der Waals surface area (Å²) in [5.41, 5.74) is 9.56. The van der Waals surface area contributed by atoms with E-state index in [4.69, 9.17) is 37.2 Å². The average molecular weight is 566 g/mol. The number of nitrogens with one attached hydrogen (secondary N) is 1. The van der Waals surface area contributed by atoms with Gasteiger partial charge in [-0.15, -0.1) is 0 Å². The van der Waals surface area contributed by atoms with Crippen LogP contribution in [0, 0.1) is 6.92 Å². The highest BCUT2D eigenvalue weighted by Crippen LogP contribution is 2.33. The molecule has 1 saturated heterocycles. The Morgan fingerprint density at radius 1 is 1.13 bits per heavy atom. The van der Waals surface area contributed by atoms with Crippen molar-refractivity contribution in [1.82, 2.24) is 19.9 Å². The summed E-state index contributed by atoms with van der Waals surface area (Å²) in [6.07, 6.45) is -3.26. The predicted octanol–water partition coefficient (Wildman–Crippen LogP) is 3.50. The number of primary amides is 1. The van der Waals surface area contributed by atoms with Crippen LogP contribution >= 0.6 is 11.6 Å². The maximum Gasteiger partial charge on any atom is 0.490 e. The van der Waals surface area contributed by atoms with Gasteiger partial charge in [-0.2, -0.15) is 18.2 Å². The number of carboxylic acid groups (broad SMARTS) is 1. The number of pyridine rings is 1. The highest BCUT2D eigenvalue weighted by molar-refractivity contribution is 6.29. The number of hydrogen-bond donors (Lipinski definition) is 3. The Kier molecular flexibility index (Phi) is 8.40. The number of nitrogens with two attached hydrogens (primary N) is 1. The molecule has 4 heterocycles. The maximum absolute atomic E-state index is 11.2. The minimum absolute atomic E-state index is 0.254. The van der Waals surface area contributed by atoms with E-state index in [-0.39, 0.29) is 11.9 Å². The molecule has 2 aromatic heterocycles. The van der Waals surface area contributed by atoms with Gasteiger partial charge >= 0.3 is 12.1 Å². The molecule has 39 heavy (non-hydrogen) atoms. The van der Waals surface area contributed by atoms with Crippen LogP contribution in [-0.2, 0) is 22.7 Å². The summed E-state index contributed by atoms with van der Waals surface area (Å²) in [4.78, 5) is 38.7. The standard InChI is InChI=1S/C23H26ClN7O.C2HF3O2/c1-14-3-2-4-17-21(14)28-23(26-16-7-9-30(10-8-16)13-20(25)32)29-22(17)31-11-15-5-6-19(24)27-18(15)12-31;3-2(4,5)1(6)7/h2-6,16H,7-13H2,1H3,(H2,25,32)(H,26,28,29);(H,6,7). The number of para-hydroxylation sites is 1. The van der Waals surface area contributed by atoms with Crippen LogP contribution in [0.4, 0.5) is 24.9 Å². The van der Waals surface area contributed by atoms with Crippen molar-refractivity contribution >= 4 is 46.1 Å². The first kappa shape index (κ1) is 28.3. The van der Waals surface area contributed by atoms with E-state index in [1.807, 2.05) is 18.2 Å². The van der Waals surface area contributed by atoms with E-state index in [0.717, 1.165) is 60.5 Å². The van der Waals surface area contributed by atoms with Crippen LogP contribution in [0.25, 0.3) is 10.9 Å². The first-order valence-electron chi connectivity index (χ1n) is 12.1. The lowest BCUT2D eigenvalue weighted by atomic mass is 10.1. The summed E-state index contributed by atoms with van der Waals surface area (Å²) in [5, 5.41) is 12.2. The fourth-order valence-corrected chi connectivity index (χ4v) is 4.76. The summed E-state index contributed by atoms with van der Waals surface area (Å²) >= 11 is 6.11. The monoisotopic (exact) mass is 565 g/mol. The third kappa shape index (κ3) is 7.03. The van der Waals surface area contributed by atoms with Gasteiger partial charge in [-0.3, -0.25) is 9.69 Å². The van der Waals surface area contributed by atoms with E-state index in [1.165, 1.54) is 5.56 Å². The number of fused-ring (bicyclic) bond motifs is 2. The topological polar surface area (TPSA) is 138 Å². The second-order valence-corrected chi connectivity index (χ2v) is 9.79. The van der Waals surface area contributed by atoms with Crippen molar-refractivity contribution in [2.24, 2.45) is 5.73 Å².